The lowest BCUT2D eigenvalue weighted by Gasteiger charge is -2.42. The average molecular weight is 1060 g/mol. The van der Waals surface area contributed by atoms with Gasteiger partial charge in [-0.2, -0.15) is 149 Å². The normalized spacial score (nSPS) is 15.8. The minimum Gasteiger partial charge on any atom is -0.351 e. The molecule has 0 heterocycles. The van der Waals surface area contributed by atoms with E-state index in [-0.39, 0.29) is 38.5 Å². The zero-order valence-electron chi connectivity index (χ0n) is 30.7. The molecule has 0 fully saturated rings. The van der Waals surface area contributed by atoms with Crippen LogP contribution in [0.4, 0.5) is 149 Å². The fourth-order valence-electron chi connectivity index (χ4n) is 4.55. The highest BCUT2D eigenvalue weighted by molar-refractivity contribution is 5.85. The molecule has 0 aliphatic heterocycles. The first-order chi connectivity index (χ1) is 28.5. The highest BCUT2D eigenvalue weighted by Gasteiger charge is 2.97. The first-order valence-electron chi connectivity index (χ1n) is 16.5. The number of carbonyl (C=O) groups is 2. The van der Waals surface area contributed by atoms with Crippen LogP contribution < -0.4 is 10.6 Å². The molecule has 0 aliphatic carbocycles. The van der Waals surface area contributed by atoms with Gasteiger partial charge in [0.15, 0.2) is 0 Å². The Morgan fingerprint density at radius 1 is 0.227 bits per heavy atom. The third-order valence-electron chi connectivity index (χ3n) is 8.69. The summed E-state index contributed by atoms with van der Waals surface area (Å²) in [6.45, 7) is -2.71. The summed E-state index contributed by atoms with van der Waals surface area (Å²) in [6, 6.07) is 0. The number of amides is 2. The van der Waals surface area contributed by atoms with E-state index in [4.69, 9.17) is 0 Å². The van der Waals surface area contributed by atoms with Crippen molar-refractivity contribution in [3.8, 4) is 0 Å². The SMILES string of the molecule is O=C(NCCCCCCCCCCNC(=O)C(F)(F)C(F)(F)C(F)(F)C(F)(F)C(F)(F)C(F)(F)C(F)(F)C(F)(F)F)C(F)(F)C(F)(F)C(F)(F)C(F)(F)C(F)(F)C(F)(F)C(F)(F)C(F)(F)F. The zero-order valence-corrected chi connectivity index (χ0v) is 30.7. The van der Waals surface area contributed by atoms with E-state index in [2.05, 4.69) is 0 Å². The first-order valence-corrected chi connectivity index (χ1v) is 16.5. The molecule has 0 aromatic rings. The van der Waals surface area contributed by atoms with Gasteiger partial charge in [-0.15, -0.1) is 0 Å². The minimum atomic E-state index is -8.92. The second kappa shape index (κ2) is 18.5. The van der Waals surface area contributed by atoms with Gasteiger partial charge < -0.3 is 10.6 Å². The fraction of sp³-hybridized carbons (Fsp3) is 0.929. The van der Waals surface area contributed by atoms with Crippen molar-refractivity contribution in [2.75, 3.05) is 13.1 Å². The number of nitrogens with one attached hydrogen (secondary N) is 2. The maximum absolute atomic E-state index is 13.9. The Bertz CT molecular complexity index is 1540. The van der Waals surface area contributed by atoms with Crippen molar-refractivity contribution < 1.29 is 159 Å². The van der Waals surface area contributed by atoms with Crippen LogP contribution in [-0.2, 0) is 9.59 Å². The van der Waals surface area contributed by atoms with Crippen LogP contribution >= 0.6 is 0 Å². The number of hydrogen-bond donors (Lipinski definition) is 2. The molecule has 0 bridgehead atoms. The third kappa shape index (κ3) is 9.60. The van der Waals surface area contributed by atoms with E-state index in [1.165, 1.54) is 0 Å². The van der Waals surface area contributed by atoms with Gasteiger partial charge in [0.05, 0.1) is 0 Å². The summed E-state index contributed by atoms with van der Waals surface area (Å²) < 4.78 is 453. The van der Waals surface area contributed by atoms with Gasteiger partial charge in [-0.1, -0.05) is 38.5 Å². The molecule has 0 atom stereocenters. The zero-order chi connectivity index (χ0) is 53.6. The predicted octanol–water partition coefficient (Wildman–Crippen LogP) is 12.4. The standard InChI is InChI=1S/C28H22F34N2O2/c29-13(30,15(33,34)17(37,38)19(41,42)21(45,46)23(49,50)25(53,54)27(57,58)59)11(65)63-9-7-5-3-1-2-4-6-8-10-64-12(66)14(31,32)16(35,36)18(39,40)20(43,44)22(47,48)24(51,52)26(55,56)28(60,61)62/h1-10H2,(H,63,65)(H,64,66). The monoisotopic (exact) mass is 1060 g/mol. The molecule has 0 saturated carbocycles. The maximum atomic E-state index is 13.9. The van der Waals surface area contributed by atoms with Gasteiger partial charge in [-0.3, -0.25) is 9.59 Å². The van der Waals surface area contributed by atoms with Gasteiger partial charge in [0.2, 0.25) is 0 Å². The molecule has 0 unspecified atom stereocenters. The summed E-state index contributed by atoms with van der Waals surface area (Å²) >= 11 is 0. The molecule has 2 N–H and O–H groups in total. The fourth-order valence-corrected chi connectivity index (χ4v) is 4.55. The number of alkyl halides is 34. The molecular formula is C28H22F34N2O2. The van der Waals surface area contributed by atoms with Crippen LogP contribution in [0.15, 0.2) is 0 Å². The number of rotatable bonds is 25. The van der Waals surface area contributed by atoms with E-state index in [0.29, 0.717) is 10.6 Å². The van der Waals surface area contributed by atoms with Gasteiger partial charge in [-0.05, 0) is 12.8 Å². The maximum Gasteiger partial charge on any atom is 0.460 e. The van der Waals surface area contributed by atoms with Gasteiger partial charge in [0.25, 0.3) is 11.8 Å². The van der Waals surface area contributed by atoms with Crippen LogP contribution in [0.25, 0.3) is 0 Å². The highest BCUT2D eigenvalue weighted by atomic mass is 19.4. The minimum absolute atomic E-state index is 0.0890. The Hall–Kier alpha value is -3.44. The van der Waals surface area contributed by atoms with E-state index >= 15 is 0 Å². The van der Waals surface area contributed by atoms with Crippen LogP contribution in [0, 0.1) is 0 Å². The van der Waals surface area contributed by atoms with E-state index in [1.54, 1.807) is 0 Å². The molecule has 0 aromatic heterocycles. The second-order valence-corrected chi connectivity index (χ2v) is 13.4. The molecule has 0 saturated heterocycles. The molecule has 66 heavy (non-hydrogen) atoms. The van der Waals surface area contributed by atoms with Crippen molar-refractivity contribution in [3.05, 3.63) is 0 Å². The van der Waals surface area contributed by atoms with Gasteiger partial charge >= 0.3 is 95.3 Å². The molecule has 0 aliphatic rings. The number of carbonyl (C=O) groups excluding carboxylic acids is 2. The summed E-state index contributed by atoms with van der Waals surface area (Å²) in [4.78, 5) is 22.9. The third-order valence-corrected chi connectivity index (χ3v) is 8.69. The van der Waals surface area contributed by atoms with Crippen LogP contribution in [0.2, 0.25) is 0 Å². The lowest BCUT2D eigenvalue weighted by Crippen LogP contribution is -2.75. The van der Waals surface area contributed by atoms with Crippen LogP contribution in [0.5, 0.6) is 0 Å². The van der Waals surface area contributed by atoms with Crippen molar-refractivity contribution in [3.63, 3.8) is 0 Å². The van der Waals surface area contributed by atoms with Crippen LogP contribution in [-0.4, -0.2) is 120 Å². The Labute approximate surface area is 342 Å². The predicted molar refractivity (Wildman–Crippen MR) is 144 cm³/mol. The van der Waals surface area contributed by atoms with Gasteiger partial charge in [0.1, 0.15) is 0 Å². The summed E-state index contributed by atoms with van der Waals surface area (Å²) in [5, 5.41) is 1.33. The van der Waals surface area contributed by atoms with E-state index < -0.39 is 133 Å². The molecule has 0 aromatic carbocycles. The first kappa shape index (κ1) is 62.6. The topological polar surface area (TPSA) is 58.2 Å². The highest BCUT2D eigenvalue weighted by Crippen LogP contribution is 2.66. The molecule has 394 valence electrons. The van der Waals surface area contributed by atoms with Crippen molar-refractivity contribution in [1.29, 1.82) is 0 Å². The quantitative estimate of drug-likeness (QED) is 0.0707. The summed E-state index contributed by atoms with van der Waals surface area (Å²) in [5.41, 5.74) is 0. The Kier molecular flexibility index (Phi) is 17.5. The van der Waals surface area contributed by atoms with E-state index in [0.717, 1.165) is 0 Å². The summed E-state index contributed by atoms with van der Waals surface area (Å²) in [7, 11) is 0. The Morgan fingerprint density at radius 2 is 0.379 bits per heavy atom. The molecule has 38 heteroatoms. The lowest BCUT2D eigenvalue weighted by atomic mass is 9.89. The summed E-state index contributed by atoms with van der Waals surface area (Å²) in [5.74, 6) is -126. The molecule has 4 nitrogen and oxygen atoms in total. The van der Waals surface area contributed by atoms with Crippen molar-refractivity contribution in [1.82, 2.24) is 10.6 Å². The van der Waals surface area contributed by atoms with Gasteiger partial charge in [0, 0.05) is 13.1 Å². The Morgan fingerprint density at radius 3 is 0.561 bits per heavy atom. The van der Waals surface area contributed by atoms with Crippen molar-refractivity contribution >= 4 is 11.8 Å². The second-order valence-electron chi connectivity index (χ2n) is 13.4. The van der Waals surface area contributed by atoms with Crippen LogP contribution in [0.3, 0.4) is 0 Å². The van der Waals surface area contributed by atoms with Crippen molar-refractivity contribution in [2.24, 2.45) is 0 Å². The molecular weight excluding hydrogens is 1040 g/mol. The molecule has 0 radical (unpaired) electrons. The van der Waals surface area contributed by atoms with Crippen molar-refractivity contribution in [2.45, 2.75) is 147 Å². The average Bonchev–Trinajstić information content (AvgIpc) is 3.12. The molecule has 0 spiro atoms. The molecule has 2 amide bonds. The largest absolute Gasteiger partial charge is 0.460 e. The summed E-state index contributed by atoms with van der Waals surface area (Å²) in [6.07, 6.45) is -18.6. The van der Waals surface area contributed by atoms with Crippen LogP contribution in [0.1, 0.15) is 51.4 Å². The Balaban J connectivity index is 5.31. The van der Waals surface area contributed by atoms with E-state index in [1.807, 2.05) is 0 Å². The smallest absolute Gasteiger partial charge is 0.351 e. The number of halogens is 34. The van der Waals surface area contributed by atoms with Gasteiger partial charge in [-0.25, -0.2) is 0 Å². The number of unbranched alkanes of at least 4 members (excludes halogenated alkanes) is 7. The lowest BCUT2D eigenvalue weighted by molar-refractivity contribution is -0.459. The van der Waals surface area contributed by atoms with E-state index in [9.17, 15) is 159 Å². The molecule has 0 rings (SSSR count). The number of hydrogen-bond acceptors (Lipinski definition) is 2.